The molecule has 0 fully saturated rings. The van der Waals surface area contributed by atoms with Crippen LogP contribution in [0.4, 0.5) is 0 Å². The fourth-order valence-corrected chi connectivity index (χ4v) is 2.61. The Balaban J connectivity index is 1.65. The summed E-state index contributed by atoms with van der Waals surface area (Å²) in [4.78, 5) is 4.10. The van der Waals surface area contributed by atoms with Crippen LogP contribution in [0.2, 0.25) is 5.02 Å². The largest absolute Gasteiger partial charge is 0.489 e. The van der Waals surface area contributed by atoms with E-state index in [0.29, 0.717) is 0 Å². The first-order valence-electron chi connectivity index (χ1n) is 7.71. The summed E-state index contributed by atoms with van der Waals surface area (Å²) in [7, 11) is 0. The third-order valence-electron chi connectivity index (χ3n) is 3.69. The molecule has 2 aromatic carbocycles. The molecular formula is C19H19ClN2O. The molecule has 0 N–H and O–H groups in total. The quantitative estimate of drug-likeness (QED) is 0.633. The Morgan fingerprint density at radius 2 is 1.83 bits per heavy atom. The summed E-state index contributed by atoms with van der Waals surface area (Å²) < 4.78 is 8.21. The highest BCUT2D eigenvalue weighted by Gasteiger charge is 2.12. The number of para-hydroxylation sites is 1. The van der Waals surface area contributed by atoms with E-state index in [0.717, 1.165) is 30.2 Å². The number of ether oxygens (including phenoxy) is 1. The van der Waals surface area contributed by atoms with Gasteiger partial charge in [0.1, 0.15) is 11.9 Å². The van der Waals surface area contributed by atoms with Gasteiger partial charge in [0.05, 0.1) is 12.9 Å². The van der Waals surface area contributed by atoms with Crippen LogP contribution in [0.1, 0.15) is 12.0 Å². The van der Waals surface area contributed by atoms with Gasteiger partial charge < -0.3 is 9.30 Å². The van der Waals surface area contributed by atoms with Crippen LogP contribution in [-0.2, 0) is 13.0 Å². The Morgan fingerprint density at radius 3 is 2.52 bits per heavy atom. The maximum atomic E-state index is 6.16. The Kier molecular flexibility index (Phi) is 5.33. The molecule has 3 nitrogen and oxygen atoms in total. The van der Waals surface area contributed by atoms with Crippen molar-refractivity contribution < 1.29 is 4.74 Å². The number of hydrogen-bond acceptors (Lipinski definition) is 2. The average molecular weight is 327 g/mol. The predicted octanol–water partition coefficient (Wildman–Crippen LogP) is 4.62. The summed E-state index contributed by atoms with van der Waals surface area (Å²) in [5.74, 6) is 0.897. The van der Waals surface area contributed by atoms with Gasteiger partial charge in [0.25, 0.3) is 0 Å². The number of nitrogens with zero attached hydrogens (tertiary/aromatic N) is 2. The second-order valence-electron chi connectivity index (χ2n) is 5.48. The lowest BCUT2D eigenvalue weighted by Gasteiger charge is -2.20. The summed E-state index contributed by atoms with van der Waals surface area (Å²) in [5.41, 5.74) is 1.27. The van der Waals surface area contributed by atoms with E-state index in [1.165, 1.54) is 5.56 Å². The Labute approximate surface area is 141 Å². The monoisotopic (exact) mass is 326 g/mol. The van der Waals surface area contributed by atoms with E-state index in [-0.39, 0.29) is 6.10 Å². The van der Waals surface area contributed by atoms with Crippen molar-refractivity contribution in [3.63, 3.8) is 0 Å². The maximum Gasteiger partial charge on any atom is 0.119 e. The van der Waals surface area contributed by atoms with E-state index in [4.69, 9.17) is 16.3 Å². The zero-order chi connectivity index (χ0) is 15.9. The number of aromatic nitrogens is 2. The lowest BCUT2D eigenvalue weighted by atomic mass is 10.1. The summed E-state index contributed by atoms with van der Waals surface area (Å²) in [6.45, 7) is 0.780. The van der Waals surface area contributed by atoms with Gasteiger partial charge in [0, 0.05) is 17.4 Å². The van der Waals surface area contributed by atoms with Crippen LogP contribution >= 0.6 is 11.6 Å². The van der Waals surface area contributed by atoms with Gasteiger partial charge >= 0.3 is 0 Å². The highest BCUT2D eigenvalue weighted by Crippen LogP contribution is 2.17. The van der Waals surface area contributed by atoms with Gasteiger partial charge in [-0.05, 0) is 42.7 Å². The molecule has 0 bridgehead atoms. The van der Waals surface area contributed by atoms with Crippen molar-refractivity contribution in [1.82, 2.24) is 9.55 Å². The molecule has 0 aliphatic rings. The van der Waals surface area contributed by atoms with Crippen LogP contribution in [0.25, 0.3) is 0 Å². The van der Waals surface area contributed by atoms with Gasteiger partial charge in [-0.3, -0.25) is 0 Å². The highest BCUT2D eigenvalue weighted by molar-refractivity contribution is 6.30. The SMILES string of the molecule is Clc1ccc(CCC(Cn2ccnc2)Oc2ccccc2)cc1. The van der Waals surface area contributed by atoms with Crippen molar-refractivity contribution in [2.24, 2.45) is 0 Å². The van der Waals surface area contributed by atoms with Crippen LogP contribution in [0.15, 0.2) is 73.3 Å². The van der Waals surface area contributed by atoms with Crippen molar-refractivity contribution in [1.29, 1.82) is 0 Å². The second-order valence-corrected chi connectivity index (χ2v) is 5.91. The molecule has 0 spiro atoms. The fraction of sp³-hybridized carbons (Fsp3) is 0.211. The molecule has 118 valence electrons. The van der Waals surface area contributed by atoms with E-state index in [1.807, 2.05) is 55.0 Å². The molecule has 3 rings (SSSR count). The van der Waals surface area contributed by atoms with Crippen LogP contribution in [0, 0.1) is 0 Å². The van der Waals surface area contributed by atoms with E-state index in [2.05, 4.69) is 21.7 Å². The van der Waals surface area contributed by atoms with Crippen LogP contribution in [0.5, 0.6) is 5.75 Å². The number of rotatable bonds is 7. The summed E-state index contributed by atoms with van der Waals surface area (Å²) >= 11 is 5.94. The van der Waals surface area contributed by atoms with Crippen molar-refractivity contribution in [3.05, 3.63) is 83.9 Å². The third-order valence-corrected chi connectivity index (χ3v) is 3.94. The second kappa shape index (κ2) is 7.84. The first-order valence-corrected chi connectivity index (χ1v) is 8.09. The third kappa shape index (κ3) is 4.86. The van der Waals surface area contributed by atoms with Gasteiger partial charge in [0.15, 0.2) is 0 Å². The van der Waals surface area contributed by atoms with Crippen molar-refractivity contribution >= 4 is 11.6 Å². The summed E-state index contributed by atoms with van der Waals surface area (Å²) in [5, 5.41) is 0.768. The molecule has 0 saturated heterocycles. The Hall–Kier alpha value is -2.26. The van der Waals surface area contributed by atoms with Gasteiger partial charge in [-0.15, -0.1) is 0 Å². The topological polar surface area (TPSA) is 27.1 Å². The number of hydrogen-bond donors (Lipinski definition) is 0. The first-order chi connectivity index (χ1) is 11.3. The molecular weight excluding hydrogens is 308 g/mol. The number of imidazole rings is 1. The van der Waals surface area contributed by atoms with E-state index in [1.54, 1.807) is 6.20 Å². The molecule has 1 atom stereocenters. The minimum absolute atomic E-state index is 0.0854. The lowest BCUT2D eigenvalue weighted by molar-refractivity contribution is 0.170. The Bertz CT molecular complexity index is 696. The predicted molar refractivity (Wildman–Crippen MR) is 92.9 cm³/mol. The summed E-state index contributed by atoms with van der Waals surface area (Å²) in [6, 6.07) is 17.9. The molecule has 0 aliphatic carbocycles. The highest BCUT2D eigenvalue weighted by atomic mass is 35.5. The fourth-order valence-electron chi connectivity index (χ4n) is 2.49. The molecule has 1 heterocycles. The number of aryl methyl sites for hydroxylation is 1. The molecule has 0 radical (unpaired) electrons. The minimum Gasteiger partial charge on any atom is -0.489 e. The molecule has 3 aromatic rings. The van der Waals surface area contributed by atoms with E-state index in [9.17, 15) is 0 Å². The van der Waals surface area contributed by atoms with Crippen LogP contribution in [-0.4, -0.2) is 15.7 Å². The lowest BCUT2D eigenvalue weighted by Crippen LogP contribution is -2.23. The molecule has 1 aromatic heterocycles. The number of benzene rings is 2. The van der Waals surface area contributed by atoms with Crippen LogP contribution < -0.4 is 4.74 Å². The molecule has 4 heteroatoms. The van der Waals surface area contributed by atoms with E-state index >= 15 is 0 Å². The zero-order valence-electron chi connectivity index (χ0n) is 12.8. The smallest absolute Gasteiger partial charge is 0.119 e. The van der Waals surface area contributed by atoms with E-state index < -0.39 is 0 Å². The normalized spacial score (nSPS) is 12.0. The van der Waals surface area contributed by atoms with Gasteiger partial charge in [-0.25, -0.2) is 4.98 Å². The number of halogens is 1. The van der Waals surface area contributed by atoms with Crippen molar-refractivity contribution in [2.45, 2.75) is 25.5 Å². The van der Waals surface area contributed by atoms with Gasteiger partial charge in [-0.1, -0.05) is 41.9 Å². The Morgan fingerprint density at radius 1 is 1.04 bits per heavy atom. The minimum atomic E-state index is 0.0854. The van der Waals surface area contributed by atoms with Gasteiger partial charge in [0.2, 0.25) is 0 Å². The maximum absolute atomic E-state index is 6.16. The molecule has 0 aliphatic heterocycles. The first kappa shape index (κ1) is 15.6. The average Bonchev–Trinajstić information content (AvgIpc) is 3.08. The standard InChI is InChI=1S/C19H19ClN2O/c20-17-9-6-16(7-10-17)8-11-19(14-22-13-12-21-15-22)23-18-4-2-1-3-5-18/h1-7,9-10,12-13,15,19H,8,11,14H2. The molecule has 1 unspecified atom stereocenters. The van der Waals surface area contributed by atoms with Crippen LogP contribution in [0.3, 0.4) is 0 Å². The molecule has 0 saturated carbocycles. The zero-order valence-corrected chi connectivity index (χ0v) is 13.6. The van der Waals surface area contributed by atoms with Crippen molar-refractivity contribution in [2.75, 3.05) is 0 Å². The van der Waals surface area contributed by atoms with Crippen molar-refractivity contribution in [3.8, 4) is 5.75 Å². The summed E-state index contributed by atoms with van der Waals surface area (Å²) in [6.07, 6.45) is 7.53. The molecule has 0 amide bonds. The molecule has 23 heavy (non-hydrogen) atoms. The van der Waals surface area contributed by atoms with Gasteiger partial charge in [-0.2, -0.15) is 0 Å².